The van der Waals surface area contributed by atoms with Crippen molar-refractivity contribution in [2.75, 3.05) is 14.2 Å². The monoisotopic (exact) mass is 349 g/mol. The molecule has 0 fully saturated rings. The number of carbonyl (C=O) groups excluding carboxylic acids is 1. The molecule has 1 aromatic heterocycles. The third kappa shape index (κ3) is 3.33. The summed E-state index contributed by atoms with van der Waals surface area (Å²) in [5, 5.41) is 4.07. The number of aryl methyl sites for hydroxylation is 1. The molecule has 0 radical (unpaired) electrons. The quantitative estimate of drug-likeness (QED) is 0.701. The molecular weight excluding hydrogens is 326 g/mol. The Morgan fingerprint density at radius 3 is 2.42 bits per heavy atom. The van der Waals surface area contributed by atoms with E-state index in [0.717, 1.165) is 22.4 Å². The summed E-state index contributed by atoms with van der Waals surface area (Å²) in [6, 6.07) is 17.9. The van der Waals surface area contributed by atoms with E-state index in [1.807, 2.05) is 38.2 Å². The van der Waals surface area contributed by atoms with Gasteiger partial charge in [-0.25, -0.2) is 0 Å². The molecule has 134 valence electrons. The zero-order valence-corrected chi connectivity index (χ0v) is 15.5. The highest BCUT2D eigenvalue weighted by atomic mass is 16.5. The van der Waals surface area contributed by atoms with Gasteiger partial charge < -0.3 is 9.64 Å². The molecule has 1 heterocycles. The Morgan fingerprint density at radius 2 is 1.81 bits per heavy atom. The van der Waals surface area contributed by atoms with Crippen LogP contribution in [0.2, 0.25) is 0 Å². The van der Waals surface area contributed by atoms with Gasteiger partial charge in [-0.2, -0.15) is 5.10 Å². The smallest absolute Gasteiger partial charge is 0.272 e. The summed E-state index contributed by atoms with van der Waals surface area (Å²) < 4.78 is 7.03. The maximum absolute atomic E-state index is 12.7. The zero-order chi connectivity index (χ0) is 18.7. The van der Waals surface area contributed by atoms with Crippen LogP contribution in [0, 0.1) is 0 Å². The van der Waals surface area contributed by atoms with Crippen LogP contribution in [-0.2, 0) is 7.05 Å². The molecule has 0 aliphatic heterocycles. The van der Waals surface area contributed by atoms with Gasteiger partial charge in [0.1, 0.15) is 11.4 Å². The lowest BCUT2D eigenvalue weighted by Gasteiger charge is -2.25. The number of benzene rings is 2. The molecule has 0 saturated carbocycles. The van der Waals surface area contributed by atoms with E-state index < -0.39 is 0 Å². The van der Waals surface area contributed by atoms with Gasteiger partial charge in [-0.3, -0.25) is 9.48 Å². The Balaban J connectivity index is 1.82. The summed E-state index contributed by atoms with van der Waals surface area (Å²) in [5.41, 5.74) is 3.78. The van der Waals surface area contributed by atoms with Crippen molar-refractivity contribution in [2.24, 2.45) is 7.05 Å². The van der Waals surface area contributed by atoms with Gasteiger partial charge in [0.25, 0.3) is 5.91 Å². The fourth-order valence-electron chi connectivity index (χ4n) is 2.99. The normalized spacial score (nSPS) is 11.8. The molecular formula is C21H23N3O2. The molecule has 0 aliphatic carbocycles. The van der Waals surface area contributed by atoms with Crippen molar-refractivity contribution in [3.63, 3.8) is 0 Å². The summed E-state index contributed by atoms with van der Waals surface area (Å²) >= 11 is 0. The van der Waals surface area contributed by atoms with Gasteiger partial charge in [0.15, 0.2) is 0 Å². The van der Waals surface area contributed by atoms with Crippen LogP contribution in [-0.4, -0.2) is 34.7 Å². The fraction of sp³-hybridized carbons (Fsp3) is 0.238. The van der Waals surface area contributed by atoms with E-state index in [1.165, 1.54) is 0 Å². The summed E-state index contributed by atoms with van der Waals surface area (Å²) in [7, 11) is 5.26. The molecule has 0 unspecified atom stereocenters. The fourth-order valence-corrected chi connectivity index (χ4v) is 2.99. The molecule has 0 bridgehead atoms. The van der Waals surface area contributed by atoms with Crippen LogP contribution in [0.4, 0.5) is 0 Å². The molecule has 0 saturated heterocycles. The van der Waals surface area contributed by atoms with Crippen molar-refractivity contribution in [3.05, 3.63) is 72.1 Å². The maximum Gasteiger partial charge on any atom is 0.272 e. The molecule has 0 aliphatic rings. The van der Waals surface area contributed by atoms with E-state index in [2.05, 4.69) is 29.4 Å². The number of aromatic nitrogens is 2. The van der Waals surface area contributed by atoms with E-state index in [0.29, 0.717) is 5.69 Å². The van der Waals surface area contributed by atoms with Crippen molar-refractivity contribution >= 4 is 5.91 Å². The molecule has 5 nitrogen and oxygen atoms in total. The van der Waals surface area contributed by atoms with E-state index >= 15 is 0 Å². The highest BCUT2D eigenvalue weighted by Gasteiger charge is 2.21. The predicted molar refractivity (Wildman–Crippen MR) is 102 cm³/mol. The lowest BCUT2D eigenvalue weighted by atomic mass is 10.00. The van der Waals surface area contributed by atoms with Crippen LogP contribution in [0.3, 0.4) is 0 Å². The molecule has 2 aromatic carbocycles. The third-order valence-electron chi connectivity index (χ3n) is 4.75. The minimum atomic E-state index is -0.0517. The molecule has 0 N–H and O–H groups in total. The topological polar surface area (TPSA) is 47.4 Å². The number of hydrogen-bond donors (Lipinski definition) is 0. The standard InChI is InChI=1S/C21H23N3O2/c1-15(23(2)21(25)19-13-14-22-24(19)3)16-9-11-17(12-10-16)18-7-5-6-8-20(18)26-4/h5-15H,1-4H3/t15-/m0/s1. The third-order valence-corrected chi connectivity index (χ3v) is 4.75. The Morgan fingerprint density at radius 1 is 1.12 bits per heavy atom. The second kappa shape index (κ2) is 7.44. The first-order chi connectivity index (χ1) is 12.5. The van der Waals surface area contributed by atoms with E-state index in [9.17, 15) is 4.79 Å². The molecule has 5 heteroatoms. The number of rotatable bonds is 5. The average molecular weight is 349 g/mol. The SMILES string of the molecule is COc1ccccc1-c1ccc([C@H](C)N(C)C(=O)c2ccnn2C)cc1. The number of carbonyl (C=O) groups is 1. The lowest BCUT2D eigenvalue weighted by Crippen LogP contribution is -2.31. The van der Waals surface area contributed by atoms with E-state index in [1.54, 1.807) is 36.0 Å². The van der Waals surface area contributed by atoms with Gasteiger partial charge in [-0.1, -0.05) is 42.5 Å². The van der Waals surface area contributed by atoms with Crippen LogP contribution in [0.25, 0.3) is 11.1 Å². The zero-order valence-electron chi connectivity index (χ0n) is 15.5. The van der Waals surface area contributed by atoms with Crippen LogP contribution in [0.5, 0.6) is 5.75 Å². The first-order valence-corrected chi connectivity index (χ1v) is 8.51. The first-order valence-electron chi connectivity index (χ1n) is 8.51. The van der Waals surface area contributed by atoms with Gasteiger partial charge in [-0.15, -0.1) is 0 Å². The Kier molecular flexibility index (Phi) is 5.07. The Hall–Kier alpha value is -3.08. The van der Waals surface area contributed by atoms with Gasteiger partial charge in [0, 0.05) is 25.9 Å². The largest absolute Gasteiger partial charge is 0.496 e. The molecule has 3 rings (SSSR count). The van der Waals surface area contributed by atoms with Gasteiger partial charge in [0.05, 0.1) is 13.2 Å². The maximum atomic E-state index is 12.7. The van der Waals surface area contributed by atoms with Crippen molar-refractivity contribution < 1.29 is 9.53 Å². The molecule has 1 amide bonds. The highest BCUT2D eigenvalue weighted by molar-refractivity contribution is 5.92. The number of hydrogen-bond acceptors (Lipinski definition) is 3. The molecule has 3 aromatic rings. The van der Waals surface area contributed by atoms with Crippen LogP contribution >= 0.6 is 0 Å². The average Bonchev–Trinajstić information content (AvgIpc) is 3.12. The summed E-state index contributed by atoms with van der Waals surface area (Å²) in [6.45, 7) is 2.02. The van der Waals surface area contributed by atoms with E-state index in [-0.39, 0.29) is 11.9 Å². The predicted octanol–water partition coefficient (Wildman–Crippen LogP) is 3.93. The second-order valence-electron chi connectivity index (χ2n) is 6.25. The number of para-hydroxylation sites is 1. The van der Waals surface area contributed by atoms with Gasteiger partial charge in [-0.05, 0) is 30.2 Å². The van der Waals surface area contributed by atoms with Crippen LogP contribution in [0.1, 0.15) is 29.0 Å². The lowest BCUT2D eigenvalue weighted by molar-refractivity contribution is 0.0731. The number of ether oxygens (including phenoxy) is 1. The second-order valence-corrected chi connectivity index (χ2v) is 6.25. The molecule has 26 heavy (non-hydrogen) atoms. The van der Waals surface area contributed by atoms with E-state index in [4.69, 9.17) is 4.74 Å². The summed E-state index contributed by atoms with van der Waals surface area (Å²) in [4.78, 5) is 14.4. The van der Waals surface area contributed by atoms with Gasteiger partial charge >= 0.3 is 0 Å². The van der Waals surface area contributed by atoms with Crippen molar-refractivity contribution in [3.8, 4) is 16.9 Å². The van der Waals surface area contributed by atoms with Crippen molar-refractivity contribution in [2.45, 2.75) is 13.0 Å². The summed E-state index contributed by atoms with van der Waals surface area (Å²) in [6.07, 6.45) is 1.63. The first kappa shape index (κ1) is 17.7. The van der Waals surface area contributed by atoms with Crippen molar-refractivity contribution in [1.29, 1.82) is 0 Å². The molecule has 0 spiro atoms. The Labute approximate surface area is 153 Å². The van der Waals surface area contributed by atoms with Gasteiger partial charge in [0.2, 0.25) is 0 Å². The minimum Gasteiger partial charge on any atom is -0.496 e. The number of nitrogens with zero attached hydrogens (tertiary/aromatic N) is 3. The highest BCUT2D eigenvalue weighted by Crippen LogP contribution is 2.31. The van der Waals surface area contributed by atoms with Crippen molar-refractivity contribution in [1.82, 2.24) is 14.7 Å². The number of methoxy groups -OCH3 is 1. The Bertz CT molecular complexity index is 900. The van der Waals surface area contributed by atoms with Crippen LogP contribution < -0.4 is 4.74 Å². The minimum absolute atomic E-state index is 0.0497. The summed E-state index contributed by atoms with van der Waals surface area (Å²) in [5.74, 6) is 0.795. The van der Waals surface area contributed by atoms with Crippen LogP contribution in [0.15, 0.2) is 60.8 Å². The number of amides is 1. The molecule has 1 atom stereocenters.